The summed E-state index contributed by atoms with van der Waals surface area (Å²) in [7, 11) is 3.00. The van der Waals surface area contributed by atoms with Crippen molar-refractivity contribution < 1.29 is 38.6 Å². The largest absolute Gasteiger partial charge is 0.505 e. The predicted molar refractivity (Wildman–Crippen MR) is 129 cm³/mol. The number of aromatic hydroxyl groups is 1. The number of anilines is 1. The third kappa shape index (κ3) is 3.95. The number of primary amides is 1. The van der Waals surface area contributed by atoms with Gasteiger partial charge in [-0.25, -0.2) is 4.39 Å². The average molecular weight is 518 g/mol. The van der Waals surface area contributed by atoms with Crippen LogP contribution in [0, 0.1) is 35.4 Å². The number of benzene rings is 1. The minimum Gasteiger partial charge on any atom is -0.505 e. The second-order valence-electron chi connectivity index (χ2n) is 11.0. The molecule has 200 valence electrons. The maximum Gasteiger partial charge on any atom is 0.235 e. The number of nitrogens with one attached hydrogen (secondary N) is 1. The van der Waals surface area contributed by atoms with Crippen molar-refractivity contribution in [2.24, 2.45) is 35.3 Å². The molecule has 11 heteroatoms. The lowest BCUT2D eigenvalue weighted by molar-refractivity contribution is -0.181. The second kappa shape index (κ2) is 9.29. The molecule has 0 aromatic heterocycles. The van der Waals surface area contributed by atoms with Gasteiger partial charge in [0.05, 0.1) is 23.2 Å². The molecule has 37 heavy (non-hydrogen) atoms. The van der Waals surface area contributed by atoms with Crippen molar-refractivity contribution in [1.82, 2.24) is 4.90 Å². The van der Waals surface area contributed by atoms with Gasteiger partial charge >= 0.3 is 0 Å². The molecule has 5 N–H and O–H groups in total. The summed E-state index contributed by atoms with van der Waals surface area (Å²) in [5.41, 5.74) is 2.08. The van der Waals surface area contributed by atoms with Crippen LogP contribution in [0.15, 0.2) is 6.07 Å². The molecule has 1 aromatic rings. The molecule has 0 radical (unpaired) electrons. The highest BCUT2D eigenvalue weighted by atomic mass is 19.1. The van der Waals surface area contributed by atoms with E-state index in [0.29, 0.717) is 12.5 Å². The Kier molecular flexibility index (Phi) is 6.74. The van der Waals surface area contributed by atoms with Gasteiger partial charge in [-0.15, -0.1) is 0 Å². The van der Waals surface area contributed by atoms with E-state index >= 15 is 4.39 Å². The van der Waals surface area contributed by atoms with E-state index < -0.39 is 75.9 Å². The Labute approximate surface area is 213 Å². The normalized spacial score (nSPS) is 31.3. The molecule has 4 rings (SSSR count). The first-order valence-electron chi connectivity index (χ1n) is 12.4. The number of hydrogen-bond donors (Lipinski definition) is 4. The number of phenols is 1. The number of halogens is 1. The van der Waals surface area contributed by atoms with Gasteiger partial charge in [0, 0.05) is 24.1 Å². The van der Waals surface area contributed by atoms with E-state index in [-0.39, 0.29) is 29.7 Å². The number of rotatable bonds is 6. The minimum atomic E-state index is -2.81. The third-order valence-corrected chi connectivity index (χ3v) is 8.04. The van der Waals surface area contributed by atoms with Crippen molar-refractivity contribution in [3.05, 3.63) is 23.0 Å². The number of fused-ring (bicyclic) bond motifs is 3. The van der Waals surface area contributed by atoms with E-state index in [2.05, 4.69) is 5.32 Å². The number of hydrogen-bond acceptors (Lipinski definition) is 9. The standard InChI is InChI=1S/C26H32FN3O7/c1-10(2)5-6-29-15-9-14(27)12-7-11-8-13-19(30(3)4)22(33)18(25(28)36)24(35)26(13,37)23(34)16(11)21(32)17(12)20(15)31/h9-11,13,16,18-19,29,31,37H,5-8H2,1-4H3,(H2,28,36)/t11-,13-,16?,18?,19-,26-/m0/s1. The van der Waals surface area contributed by atoms with E-state index in [9.17, 15) is 34.2 Å². The number of carbonyl (C=O) groups is 5. The highest BCUT2D eigenvalue weighted by Crippen LogP contribution is 2.51. The van der Waals surface area contributed by atoms with Crippen LogP contribution in [-0.2, 0) is 25.6 Å². The van der Waals surface area contributed by atoms with E-state index in [1.54, 1.807) is 0 Å². The molecule has 1 amide bonds. The van der Waals surface area contributed by atoms with Gasteiger partial charge < -0.3 is 21.3 Å². The van der Waals surface area contributed by atoms with Crippen molar-refractivity contribution >= 4 is 34.7 Å². The molecule has 0 aliphatic heterocycles. The van der Waals surface area contributed by atoms with Gasteiger partial charge in [0.15, 0.2) is 34.7 Å². The van der Waals surface area contributed by atoms with E-state index in [1.165, 1.54) is 19.0 Å². The van der Waals surface area contributed by atoms with Crippen LogP contribution in [0.1, 0.15) is 42.6 Å². The first-order valence-corrected chi connectivity index (χ1v) is 12.4. The summed E-state index contributed by atoms with van der Waals surface area (Å²) in [5.74, 6) is -12.1. The molecule has 1 aromatic carbocycles. The zero-order valence-electron chi connectivity index (χ0n) is 21.2. The summed E-state index contributed by atoms with van der Waals surface area (Å²) in [5, 5.41) is 25.3. The molecular formula is C26H32FN3O7. The zero-order valence-corrected chi connectivity index (χ0v) is 21.2. The van der Waals surface area contributed by atoms with Gasteiger partial charge in [-0.2, -0.15) is 0 Å². The Balaban J connectivity index is 1.79. The predicted octanol–water partition coefficient (Wildman–Crippen LogP) is 0.464. The lowest BCUT2D eigenvalue weighted by Gasteiger charge is -2.52. The SMILES string of the molecule is CC(C)CCNc1cc(F)c2c(c1O)C(=O)C1C(=O)[C@]3(O)C(=O)C(C(N)=O)C(=O)[C@@H](N(C)C)[C@@H]3C[C@@H]1C2. The highest BCUT2D eigenvalue weighted by molar-refractivity contribution is 6.32. The molecule has 2 saturated carbocycles. The Morgan fingerprint density at radius 1 is 1.24 bits per heavy atom. The minimum absolute atomic E-state index is 0.00403. The van der Waals surface area contributed by atoms with Gasteiger partial charge in [-0.1, -0.05) is 13.8 Å². The number of amides is 1. The fourth-order valence-electron chi connectivity index (χ4n) is 6.26. The number of nitrogens with two attached hydrogens (primary N) is 1. The van der Waals surface area contributed by atoms with Crippen molar-refractivity contribution in [3.63, 3.8) is 0 Å². The number of Topliss-reactive ketones (excluding diaryl/α,β-unsaturated/α-hetero) is 4. The maximum absolute atomic E-state index is 15.2. The molecule has 0 saturated heterocycles. The summed E-state index contributed by atoms with van der Waals surface area (Å²) in [4.78, 5) is 67.1. The monoisotopic (exact) mass is 517 g/mol. The van der Waals surface area contributed by atoms with Crippen molar-refractivity contribution in [2.75, 3.05) is 26.0 Å². The molecule has 0 bridgehead atoms. The van der Waals surface area contributed by atoms with Gasteiger partial charge in [0.25, 0.3) is 0 Å². The lowest BCUT2D eigenvalue weighted by atomic mass is 9.52. The van der Waals surface area contributed by atoms with Crippen LogP contribution in [0.3, 0.4) is 0 Å². The second-order valence-corrected chi connectivity index (χ2v) is 11.0. The summed E-state index contributed by atoms with van der Waals surface area (Å²) in [6.45, 7) is 4.40. The molecule has 10 nitrogen and oxygen atoms in total. The molecule has 2 fully saturated rings. The number of aliphatic hydroxyl groups is 1. The van der Waals surface area contributed by atoms with Crippen LogP contribution >= 0.6 is 0 Å². The number of nitrogens with zero attached hydrogens (tertiary/aromatic N) is 1. The van der Waals surface area contributed by atoms with Gasteiger partial charge in [-0.3, -0.25) is 28.9 Å². The fourth-order valence-corrected chi connectivity index (χ4v) is 6.26. The first kappa shape index (κ1) is 26.9. The van der Waals surface area contributed by atoms with Gasteiger partial charge in [0.2, 0.25) is 5.91 Å². The maximum atomic E-state index is 15.2. The zero-order chi connectivity index (χ0) is 27.6. The molecule has 0 heterocycles. The van der Waals surface area contributed by atoms with Crippen molar-refractivity contribution in [1.29, 1.82) is 0 Å². The Morgan fingerprint density at radius 3 is 2.46 bits per heavy atom. The lowest BCUT2D eigenvalue weighted by Crippen LogP contribution is -2.74. The molecular weight excluding hydrogens is 485 g/mol. The van der Waals surface area contributed by atoms with Crippen LogP contribution in [0.5, 0.6) is 5.75 Å². The van der Waals surface area contributed by atoms with E-state index in [0.717, 1.165) is 12.5 Å². The molecule has 3 aliphatic carbocycles. The first-order chi connectivity index (χ1) is 17.2. The van der Waals surface area contributed by atoms with Crippen LogP contribution < -0.4 is 11.1 Å². The molecule has 2 unspecified atom stereocenters. The topological polar surface area (TPSA) is 167 Å². The van der Waals surface area contributed by atoms with Crippen LogP contribution in [-0.4, -0.2) is 76.4 Å². The van der Waals surface area contributed by atoms with Gasteiger partial charge in [0.1, 0.15) is 11.6 Å². The molecule has 6 atom stereocenters. The Morgan fingerprint density at radius 2 is 1.89 bits per heavy atom. The van der Waals surface area contributed by atoms with E-state index in [4.69, 9.17) is 5.73 Å². The third-order valence-electron chi connectivity index (χ3n) is 8.04. The Hall–Kier alpha value is -3.18. The number of likely N-dealkylation sites (N-methyl/N-ethyl adjacent to an activating group) is 1. The van der Waals surface area contributed by atoms with Crippen LogP contribution in [0.2, 0.25) is 0 Å². The fraction of sp³-hybridized carbons (Fsp3) is 0.577. The smallest absolute Gasteiger partial charge is 0.235 e. The average Bonchev–Trinajstić information content (AvgIpc) is 2.78. The summed E-state index contributed by atoms with van der Waals surface area (Å²) >= 11 is 0. The number of ketones is 4. The summed E-state index contributed by atoms with van der Waals surface area (Å²) in [6, 6.07) is -0.0935. The van der Waals surface area contributed by atoms with Crippen molar-refractivity contribution in [2.45, 2.75) is 44.8 Å². The Bertz CT molecular complexity index is 1210. The number of carbonyl (C=O) groups excluding carboxylic acids is 5. The van der Waals surface area contributed by atoms with Crippen LogP contribution in [0.4, 0.5) is 10.1 Å². The highest BCUT2D eigenvalue weighted by Gasteiger charge is 2.69. The summed E-state index contributed by atoms with van der Waals surface area (Å²) in [6.07, 6.45) is 0.481. The summed E-state index contributed by atoms with van der Waals surface area (Å²) < 4.78 is 15.2. The van der Waals surface area contributed by atoms with Crippen molar-refractivity contribution in [3.8, 4) is 5.75 Å². The van der Waals surface area contributed by atoms with Crippen LogP contribution in [0.25, 0.3) is 0 Å². The van der Waals surface area contributed by atoms with Gasteiger partial charge in [-0.05, 0) is 45.2 Å². The quantitative estimate of drug-likeness (QED) is 0.310. The number of phenolic OH excluding ortho intramolecular Hbond substituents is 1. The molecule has 0 spiro atoms. The molecule has 3 aliphatic rings. The van der Waals surface area contributed by atoms with E-state index in [1.807, 2.05) is 13.8 Å².